The fourth-order valence-electron chi connectivity index (χ4n) is 2.61. The number of hydrogen-bond donors (Lipinski definition) is 1. The van der Waals surface area contributed by atoms with Gasteiger partial charge in [-0.25, -0.2) is 17.2 Å². The first kappa shape index (κ1) is 18.1. The van der Waals surface area contributed by atoms with Gasteiger partial charge in [-0.05, 0) is 36.8 Å². The van der Waals surface area contributed by atoms with Gasteiger partial charge in [0.15, 0.2) is 17.7 Å². The van der Waals surface area contributed by atoms with Crippen LogP contribution < -0.4 is 14.4 Å². The van der Waals surface area contributed by atoms with Crippen molar-refractivity contribution < 1.29 is 26.7 Å². The van der Waals surface area contributed by atoms with E-state index in [2.05, 4.69) is 5.32 Å². The summed E-state index contributed by atoms with van der Waals surface area (Å²) < 4.78 is 57.2. The minimum absolute atomic E-state index is 0.0399. The highest BCUT2D eigenvalue weighted by atomic mass is 32.2. The Balaban J connectivity index is 1.88. The highest BCUT2D eigenvalue weighted by Gasteiger charge is 2.35. The third kappa shape index (κ3) is 3.62. The summed E-state index contributed by atoms with van der Waals surface area (Å²) in [5.41, 5.74) is 1.23. The minimum atomic E-state index is -3.64. The lowest BCUT2D eigenvalue weighted by Crippen LogP contribution is -2.48. The number of sulfonamides is 1. The molecule has 3 rings (SSSR count). The van der Waals surface area contributed by atoms with E-state index in [1.807, 2.05) is 6.92 Å². The summed E-state index contributed by atoms with van der Waals surface area (Å²) in [6.07, 6.45) is -0.109. The lowest BCUT2D eigenvalue weighted by molar-refractivity contribution is -0.122. The van der Waals surface area contributed by atoms with Gasteiger partial charge in [0.2, 0.25) is 10.0 Å². The fourth-order valence-corrected chi connectivity index (χ4v) is 3.51. The molecule has 6 nitrogen and oxygen atoms in total. The molecule has 1 unspecified atom stereocenters. The van der Waals surface area contributed by atoms with Crippen molar-refractivity contribution in [1.82, 2.24) is 0 Å². The van der Waals surface area contributed by atoms with Gasteiger partial charge in [-0.15, -0.1) is 0 Å². The van der Waals surface area contributed by atoms with Crippen LogP contribution in [0.25, 0.3) is 0 Å². The number of hydrogen-bond acceptors (Lipinski definition) is 4. The highest BCUT2D eigenvalue weighted by Crippen LogP contribution is 2.36. The predicted molar refractivity (Wildman–Crippen MR) is 92.8 cm³/mol. The van der Waals surface area contributed by atoms with E-state index in [1.54, 1.807) is 18.2 Å². The van der Waals surface area contributed by atoms with Gasteiger partial charge in [-0.1, -0.05) is 6.07 Å². The molecule has 0 saturated carbocycles. The van der Waals surface area contributed by atoms with E-state index >= 15 is 0 Å². The first-order chi connectivity index (χ1) is 12.1. The molecule has 0 aromatic heterocycles. The van der Waals surface area contributed by atoms with Crippen LogP contribution in [0.5, 0.6) is 5.75 Å². The molecule has 0 spiro atoms. The van der Waals surface area contributed by atoms with Gasteiger partial charge in [0.1, 0.15) is 5.75 Å². The van der Waals surface area contributed by atoms with Crippen molar-refractivity contribution in [3.8, 4) is 5.75 Å². The average molecular weight is 382 g/mol. The Labute approximate surface area is 149 Å². The lowest BCUT2D eigenvalue weighted by atomic mass is 10.1. The van der Waals surface area contributed by atoms with Crippen LogP contribution in [0.3, 0.4) is 0 Å². The van der Waals surface area contributed by atoms with Crippen molar-refractivity contribution in [2.45, 2.75) is 13.0 Å². The summed E-state index contributed by atoms with van der Waals surface area (Å²) in [6.45, 7) is 1.58. The van der Waals surface area contributed by atoms with Crippen molar-refractivity contribution in [2.75, 3.05) is 22.4 Å². The van der Waals surface area contributed by atoms with Gasteiger partial charge in [0.05, 0.1) is 18.5 Å². The number of halogens is 2. The van der Waals surface area contributed by atoms with E-state index in [-0.39, 0.29) is 18.0 Å². The first-order valence-electron chi connectivity index (χ1n) is 7.66. The van der Waals surface area contributed by atoms with Gasteiger partial charge in [-0.2, -0.15) is 0 Å². The van der Waals surface area contributed by atoms with Gasteiger partial charge in [0, 0.05) is 11.8 Å². The molecule has 0 radical (unpaired) electrons. The van der Waals surface area contributed by atoms with E-state index in [0.29, 0.717) is 5.69 Å². The molecular weight excluding hydrogens is 366 g/mol. The largest absolute Gasteiger partial charge is 0.476 e. The molecule has 0 aliphatic carbocycles. The van der Waals surface area contributed by atoms with Crippen LogP contribution >= 0.6 is 0 Å². The van der Waals surface area contributed by atoms with E-state index in [0.717, 1.165) is 28.3 Å². The third-order valence-corrected chi connectivity index (χ3v) is 5.01. The number of amides is 1. The Bertz CT molecular complexity index is 979. The number of anilines is 2. The molecule has 0 saturated heterocycles. The van der Waals surface area contributed by atoms with E-state index in [1.165, 1.54) is 6.07 Å². The normalized spacial score (nSPS) is 16.6. The monoisotopic (exact) mass is 382 g/mol. The molecule has 1 atom stereocenters. The second-order valence-corrected chi connectivity index (χ2v) is 7.90. The molecule has 138 valence electrons. The summed E-state index contributed by atoms with van der Waals surface area (Å²) in [4.78, 5) is 12.4. The van der Waals surface area contributed by atoms with Crippen molar-refractivity contribution >= 4 is 27.3 Å². The summed E-state index contributed by atoms with van der Waals surface area (Å²) in [5, 5.41) is 2.40. The summed E-state index contributed by atoms with van der Waals surface area (Å²) in [5.74, 6) is -2.57. The fraction of sp³-hybridized carbons (Fsp3) is 0.235. The number of aryl methyl sites for hydroxylation is 1. The number of carbonyl (C=O) groups is 1. The molecule has 0 fully saturated rings. The predicted octanol–water partition coefficient (Wildman–Crippen LogP) is 2.44. The van der Waals surface area contributed by atoms with Gasteiger partial charge in [-0.3, -0.25) is 9.10 Å². The Morgan fingerprint density at radius 3 is 2.58 bits per heavy atom. The number of nitrogens with one attached hydrogen (secondary N) is 1. The minimum Gasteiger partial charge on any atom is -0.476 e. The van der Waals surface area contributed by atoms with Gasteiger partial charge >= 0.3 is 0 Å². The van der Waals surface area contributed by atoms with Crippen LogP contribution in [0, 0.1) is 18.6 Å². The number of ether oxygens (including phenoxy) is 1. The van der Waals surface area contributed by atoms with Crippen LogP contribution in [0.15, 0.2) is 36.4 Å². The molecule has 1 N–H and O–H groups in total. The molecule has 2 aromatic rings. The average Bonchev–Trinajstić information content (AvgIpc) is 2.56. The number of nitrogens with zero attached hydrogens (tertiary/aromatic N) is 1. The molecular formula is C17H16F2N2O4S. The molecule has 2 aromatic carbocycles. The maximum atomic E-state index is 13.3. The van der Waals surface area contributed by atoms with Crippen molar-refractivity contribution in [2.24, 2.45) is 0 Å². The molecule has 9 heteroatoms. The molecule has 1 amide bonds. The number of fused-ring (bicyclic) bond motifs is 1. The maximum Gasteiger partial charge on any atom is 0.267 e. The summed E-state index contributed by atoms with van der Waals surface area (Å²) in [7, 11) is -3.64. The smallest absolute Gasteiger partial charge is 0.267 e. The van der Waals surface area contributed by atoms with Gasteiger partial charge < -0.3 is 10.1 Å². The zero-order valence-corrected chi connectivity index (χ0v) is 14.8. The number of rotatable bonds is 3. The van der Waals surface area contributed by atoms with E-state index < -0.39 is 33.7 Å². The Hall–Kier alpha value is -2.68. The first-order valence-corrected chi connectivity index (χ1v) is 9.51. The van der Waals surface area contributed by atoms with Crippen LogP contribution in [-0.4, -0.2) is 33.2 Å². The number of carbonyl (C=O) groups excluding carboxylic acids is 1. The molecule has 1 heterocycles. The Kier molecular flexibility index (Phi) is 4.57. The van der Waals surface area contributed by atoms with E-state index in [9.17, 15) is 22.0 Å². The Morgan fingerprint density at radius 1 is 1.19 bits per heavy atom. The molecule has 1 aliphatic rings. The summed E-state index contributed by atoms with van der Waals surface area (Å²) in [6, 6.07) is 7.88. The van der Waals surface area contributed by atoms with E-state index in [4.69, 9.17) is 4.74 Å². The topological polar surface area (TPSA) is 75.7 Å². The molecule has 26 heavy (non-hydrogen) atoms. The molecule has 1 aliphatic heterocycles. The van der Waals surface area contributed by atoms with Crippen LogP contribution in [0.2, 0.25) is 0 Å². The molecule has 0 bridgehead atoms. The third-order valence-electron chi connectivity index (χ3n) is 3.86. The summed E-state index contributed by atoms with van der Waals surface area (Å²) >= 11 is 0. The van der Waals surface area contributed by atoms with Crippen molar-refractivity contribution in [1.29, 1.82) is 0 Å². The second kappa shape index (κ2) is 6.56. The zero-order valence-electron chi connectivity index (χ0n) is 14.0. The SMILES string of the molecule is Cc1ccc2c(c1)N(S(C)(=O)=O)CC(C(=O)Nc1ccc(F)c(F)c1)O2. The standard InChI is InChI=1S/C17H16F2N2O4S/c1-10-3-6-15-14(7-10)21(26(2,23)24)9-16(25-15)17(22)20-11-4-5-12(18)13(19)8-11/h3-8,16H,9H2,1-2H3,(H,20,22). The highest BCUT2D eigenvalue weighted by molar-refractivity contribution is 7.92. The van der Waals surface area contributed by atoms with Crippen LogP contribution in [0.4, 0.5) is 20.2 Å². The quantitative estimate of drug-likeness (QED) is 0.885. The second-order valence-electron chi connectivity index (χ2n) is 5.99. The lowest BCUT2D eigenvalue weighted by Gasteiger charge is -2.34. The Morgan fingerprint density at radius 2 is 1.92 bits per heavy atom. The maximum absolute atomic E-state index is 13.3. The zero-order chi connectivity index (χ0) is 19.1. The van der Waals surface area contributed by atoms with Crippen LogP contribution in [0.1, 0.15) is 5.56 Å². The van der Waals surface area contributed by atoms with Crippen molar-refractivity contribution in [3.05, 3.63) is 53.6 Å². The number of benzene rings is 2. The van der Waals surface area contributed by atoms with Gasteiger partial charge in [0.25, 0.3) is 5.91 Å². The van der Waals surface area contributed by atoms with Crippen LogP contribution in [-0.2, 0) is 14.8 Å². The van der Waals surface area contributed by atoms with Crippen molar-refractivity contribution in [3.63, 3.8) is 0 Å².